The van der Waals surface area contributed by atoms with Crippen LogP contribution in [0.3, 0.4) is 0 Å². The Morgan fingerprint density at radius 2 is 2.06 bits per heavy atom. The fourth-order valence-corrected chi connectivity index (χ4v) is 4.19. The van der Waals surface area contributed by atoms with Crippen LogP contribution in [0.2, 0.25) is 0 Å². The summed E-state index contributed by atoms with van der Waals surface area (Å²) in [4.78, 5) is 32.3. The van der Waals surface area contributed by atoms with Crippen molar-refractivity contribution in [1.82, 2.24) is 35.0 Å². The van der Waals surface area contributed by atoms with E-state index in [1.54, 1.807) is 24.5 Å². The highest BCUT2D eigenvalue weighted by Crippen LogP contribution is 2.41. The van der Waals surface area contributed by atoms with E-state index in [4.69, 9.17) is 4.74 Å². The molecular formula is C20H21N7O4. The Labute approximate surface area is 177 Å². The SMILES string of the molecule is O=C1C=C(N2C=CC3(CCN(C[C@@H](O)c4ccc(-n5cnnn5)nc4)CC3)C2=O)CO1. The highest BCUT2D eigenvalue weighted by atomic mass is 16.5. The molecule has 160 valence electrons. The van der Waals surface area contributed by atoms with Crippen molar-refractivity contribution in [1.29, 1.82) is 0 Å². The third kappa shape index (κ3) is 3.62. The average molecular weight is 423 g/mol. The van der Waals surface area contributed by atoms with Crippen molar-refractivity contribution in [2.24, 2.45) is 5.41 Å². The standard InChI is InChI=1S/C20H21N7O4/c28-16(14-1-2-17(21-10-14)27-13-22-23-24-27)11-25-6-3-20(4-7-25)5-8-26(19(20)30)15-9-18(29)31-12-15/h1-2,5,8-10,13,16,28H,3-4,6-7,11-12H2/t16-/m1/s1. The molecule has 0 radical (unpaired) electrons. The van der Waals surface area contributed by atoms with Gasteiger partial charge in [-0.2, -0.15) is 4.68 Å². The molecule has 31 heavy (non-hydrogen) atoms. The van der Waals surface area contributed by atoms with Gasteiger partial charge < -0.3 is 14.7 Å². The second-order valence-corrected chi connectivity index (χ2v) is 7.91. The number of carbonyl (C=O) groups excluding carboxylic acids is 2. The summed E-state index contributed by atoms with van der Waals surface area (Å²) in [5, 5.41) is 21.6. The summed E-state index contributed by atoms with van der Waals surface area (Å²) in [7, 11) is 0. The fraction of sp³-hybridized carbons (Fsp3) is 0.400. The van der Waals surface area contributed by atoms with Gasteiger partial charge in [0, 0.05) is 30.6 Å². The Balaban J connectivity index is 1.18. The normalized spacial score (nSPS) is 21.6. The van der Waals surface area contributed by atoms with Gasteiger partial charge in [-0.3, -0.25) is 9.69 Å². The van der Waals surface area contributed by atoms with Gasteiger partial charge in [-0.1, -0.05) is 12.1 Å². The van der Waals surface area contributed by atoms with E-state index in [-0.39, 0.29) is 12.5 Å². The molecule has 1 fully saturated rings. The summed E-state index contributed by atoms with van der Waals surface area (Å²) in [6, 6.07) is 3.56. The van der Waals surface area contributed by atoms with Gasteiger partial charge in [-0.15, -0.1) is 5.10 Å². The van der Waals surface area contributed by atoms with Gasteiger partial charge in [-0.05, 0) is 42.4 Å². The van der Waals surface area contributed by atoms with Crippen molar-refractivity contribution in [3.63, 3.8) is 0 Å². The third-order valence-electron chi connectivity index (χ3n) is 6.06. The highest BCUT2D eigenvalue weighted by molar-refractivity contribution is 5.93. The Morgan fingerprint density at radius 3 is 2.71 bits per heavy atom. The predicted molar refractivity (Wildman–Crippen MR) is 105 cm³/mol. The number of amides is 1. The number of aliphatic hydroxyl groups is 1. The maximum atomic E-state index is 13.0. The van der Waals surface area contributed by atoms with E-state index in [1.807, 2.05) is 6.08 Å². The van der Waals surface area contributed by atoms with Crippen LogP contribution < -0.4 is 0 Å². The van der Waals surface area contributed by atoms with Gasteiger partial charge in [0.05, 0.1) is 17.2 Å². The molecule has 0 aliphatic carbocycles. The zero-order valence-corrected chi connectivity index (χ0v) is 16.7. The maximum Gasteiger partial charge on any atom is 0.333 e. The lowest BCUT2D eigenvalue weighted by atomic mass is 9.78. The van der Waals surface area contributed by atoms with E-state index >= 15 is 0 Å². The number of tetrazole rings is 1. The first-order valence-corrected chi connectivity index (χ1v) is 10.0. The highest BCUT2D eigenvalue weighted by Gasteiger charge is 2.46. The number of rotatable bonds is 5. The Bertz CT molecular complexity index is 1040. The summed E-state index contributed by atoms with van der Waals surface area (Å²) in [6.07, 6.45) is 8.75. The maximum absolute atomic E-state index is 13.0. The Morgan fingerprint density at radius 1 is 1.23 bits per heavy atom. The molecule has 0 aromatic carbocycles. The van der Waals surface area contributed by atoms with Crippen LogP contribution in [0.4, 0.5) is 0 Å². The molecule has 3 aliphatic rings. The number of esters is 1. The van der Waals surface area contributed by atoms with Gasteiger partial charge in [-0.25, -0.2) is 9.78 Å². The molecule has 1 amide bonds. The zero-order chi connectivity index (χ0) is 21.4. The molecule has 1 saturated heterocycles. The van der Waals surface area contributed by atoms with Crippen molar-refractivity contribution < 1.29 is 19.4 Å². The number of hydrogen-bond donors (Lipinski definition) is 1. The monoisotopic (exact) mass is 423 g/mol. The molecule has 5 rings (SSSR count). The number of piperidine rings is 1. The lowest BCUT2D eigenvalue weighted by Gasteiger charge is -2.38. The number of aliphatic hydroxyl groups excluding tert-OH is 1. The minimum atomic E-state index is -0.692. The van der Waals surface area contributed by atoms with Crippen LogP contribution in [-0.2, 0) is 14.3 Å². The summed E-state index contributed by atoms with van der Waals surface area (Å²) in [6.45, 7) is 1.96. The minimum absolute atomic E-state index is 0.0142. The summed E-state index contributed by atoms with van der Waals surface area (Å²) in [5.74, 6) is 0.141. The first-order valence-electron chi connectivity index (χ1n) is 10.0. The van der Waals surface area contributed by atoms with Crippen molar-refractivity contribution in [3.05, 3.63) is 54.3 Å². The van der Waals surface area contributed by atoms with Gasteiger partial charge in [0.1, 0.15) is 12.9 Å². The molecule has 2 aromatic rings. The molecule has 11 heteroatoms. The second-order valence-electron chi connectivity index (χ2n) is 7.91. The number of cyclic esters (lactones) is 1. The number of aromatic nitrogens is 5. The Kier molecular flexibility index (Phi) is 4.83. The van der Waals surface area contributed by atoms with Crippen LogP contribution in [0.5, 0.6) is 0 Å². The van der Waals surface area contributed by atoms with Gasteiger partial charge in [0.25, 0.3) is 0 Å². The Hall–Kier alpha value is -3.44. The van der Waals surface area contributed by atoms with E-state index < -0.39 is 17.5 Å². The number of ether oxygens (including phenoxy) is 1. The molecule has 1 spiro atoms. The lowest BCUT2D eigenvalue weighted by molar-refractivity contribution is -0.137. The van der Waals surface area contributed by atoms with Crippen LogP contribution in [0, 0.1) is 5.41 Å². The molecule has 0 saturated carbocycles. The van der Waals surface area contributed by atoms with Crippen molar-refractivity contribution in [3.8, 4) is 5.82 Å². The van der Waals surface area contributed by atoms with E-state index in [9.17, 15) is 14.7 Å². The largest absolute Gasteiger partial charge is 0.456 e. The number of likely N-dealkylation sites (tertiary alicyclic amines) is 1. The molecule has 11 nitrogen and oxygen atoms in total. The first kappa shape index (κ1) is 19.5. The quantitative estimate of drug-likeness (QED) is 0.660. The molecule has 0 unspecified atom stereocenters. The third-order valence-corrected chi connectivity index (χ3v) is 6.06. The topological polar surface area (TPSA) is 127 Å². The zero-order valence-electron chi connectivity index (χ0n) is 16.7. The number of pyridine rings is 1. The van der Waals surface area contributed by atoms with Crippen molar-refractivity contribution >= 4 is 11.9 Å². The van der Waals surface area contributed by atoms with Crippen LogP contribution in [0.15, 0.2) is 48.7 Å². The van der Waals surface area contributed by atoms with Crippen LogP contribution in [0.25, 0.3) is 5.82 Å². The van der Waals surface area contributed by atoms with Crippen molar-refractivity contribution in [2.45, 2.75) is 18.9 Å². The first-order chi connectivity index (χ1) is 15.0. The molecular weight excluding hydrogens is 402 g/mol. The second kappa shape index (κ2) is 7.67. The number of hydrogen-bond acceptors (Lipinski definition) is 9. The number of carbonyl (C=O) groups is 2. The molecule has 1 N–H and O–H groups in total. The van der Waals surface area contributed by atoms with E-state index in [0.29, 0.717) is 49.6 Å². The summed E-state index contributed by atoms with van der Waals surface area (Å²) >= 11 is 0. The minimum Gasteiger partial charge on any atom is -0.456 e. The number of β-amino-alcohol motifs (C(OH)–C–C–N with tert-alkyl or cyclic N) is 1. The van der Waals surface area contributed by atoms with Crippen LogP contribution in [-0.4, -0.2) is 78.2 Å². The van der Waals surface area contributed by atoms with Gasteiger partial charge >= 0.3 is 5.97 Å². The molecule has 0 bridgehead atoms. The predicted octanol–water partition coefficient (Wildman–Crippen LogP) is -0.0305. The lowest BCUT2D eigenvalue weighted by Crippen LogP contribution is -2.45. The fourth-order valence-electron chi connectivity index (χ4n) is 4.19. The summed E-state index contributed by atoms with van der Waals surface area (Å²) in [5.41, 5.74) is 0.736. The number of nitrogens with zero attached hydrogens (tertiary/aromatic N) is 7. The molecule has 3 aliphatic heterocycles. The summed E-state index contributed by atoms with van der Waals surface area (Å²) < 4.78 is 6.37. The van der Waals surface area contributed by atoms with E-state index in [2.05, 4.69) is 25.4 Å². The van der Waals surface area contributed by atoms with E-state index in [1.165, 1.54) is 22.0 Å². The van der Waals surface area contributed by atoms with Crippen LogP contribution in [0.1, 0.15) is 24.5 Å². The van der Waals surface area contributed by atoms with E-state index in [0.717, 1.165) is 0 Å². The van der Waals surface area contributed by atoms with Crippen molar-refractivity contribution in [2.75, 3.05) is 26.2 Å². The van der Waals surface area contributed by atoms with Gasteiger partial charge in [0.2, 0.25) is 5.91 Å². The molecule has 2 aromatic heterocycles. The smallest absolute Gasteiger partial charge is 0.333 e. The molecule has 1 atom stereocenters. The van der Waals surface area contributed by atoms with Gasteiger partial charge in [0.15, 0.2) is 5.82 Å². The van der Waals surface area contributed by atoms with Crippen LogP contribution >= 0.6 is 0 Å². The molecule has 5 heterocycles. The average Bonchev–Trinajstić information content (AvgIpc) is 3.53.